The summed E-state index contributed by atoms with van der Waals surface area (Å²) in [5, 5.41) is 12.1. The number of nitrogens with one attached hydrogen (secondary N) is 1. The Morgan fingerprint density at radius 1 is 1.38 bits per heavy atom. The fraction of sp³-hybridized carbons (Fsp3) is 0.462. The molecule has 0 bridgehead atoms. The van der Waals surface area contributed by atoms with Gasteiger partial charge in [-0.25, -0.2) is 0 Å². The third-order valence-corrected chi connectivity index (χ3v) is 2.93. The minimum Gasteiger partial charge on any atom is -0.310 e. The van der Waals surface area contributed by atoms with Gasteiger partial charge in [0.1, 0.15) is 0 Å². The molecule has 1 fully saturated rings. The molecule has 1 saturated heterocycles. The van der Waals surface area contributed by atoms with E-state index in [-0.39, 0.29) is 0 Å². The van der Waals surface area contributed by atoms with Gasteiger partial charge in [0.15, 0.2) is 0 Å². The predicted octanol–water partition coefficient (Wildman–Crippen LogP) is 1.37. The molecule has 0 radical (unpaired) electrons. The van der Waals surface area contributed by atoms with Gasteiger partial charge < -0.3 is 5.32 Å². The van der Waals surface area contributed by atoms with Crippen LogP contribution in [0.3, 0.4) is 0 Å². The first-order valence-electron chi connectivity index (χ1n) is 5.75. The lowest BCUT2D eigenvalue weighted by molar-refractivity contribution is 0.194. The summed E-state index contributed by atoms with van der Waals surface area (Å²) < 4.78 is 0. The van der Waals surface area contributed by atoms with Gasteiger partial charge in [-0.05, 0) is 5.56 Å². The standard InChI is InChI=1S/C13H17N3/c14-7-6-13-11-16(9-8-15-13)10-12-4-2-1-3-5-12/h1-5,13,15H,6,8-11H2. The quantitative estimate of drug-likeness (QED) is 0.827. The van der Waals surface area contributed by atoms with Crippen molar-refractivity contribution in [1.29, 1.82) is 5.26 Å². The maximum atomic E-state index is 8.69. The van der Waals surface area contributed by atoms with Crippen LogP contribution in [0.1, 0.15) is 12.0 Å². The van der Waals surface area contributed by atoms with E-state index in [0.29, 0.717) is 12.5 Å². The zero-order chi connectivity index (χ0) is 11.2. The van der Waals surface area contributed by atoms with Crippen molar-refractivity contribution < 1.29 is 0 Å². The van der Waals surface area contributed by atoms with E-state index in [1.165, 1.54) is 5.56 Å². The molecular weight excluding hydrogens is 198 g/mol. The van der Waals surface area contributed by atoms with Crippen molar-refractivity contribution in [2.24, 2.45) is 0 Å². The highest BCUT2D eigenvalue weighted by Crippen LogP contribution is 2.08. The number of hydrogen-bond acceptors (Lipinski definition) is 3. The second-order valence-corrected chi connectivity index (χ2v) is 4.23. The van der Waals surface area contributed by atoms with Gasteiger partial charge >= 0.3 is 0 Å². The zero-order valence-electron chi connectivity index (χ0n) is 9.39. The molecule has 1 heterocycles. The lowest BCUT2D eigenvalue weighted by Gasteiger charge is -2.32. The van der Waals surface area contributed by atoms with Crippen LogP contribution in [0.4, 0.5) is 0 Å². The van der Waals surface area contributed by atoms with Gasteiger partial charge in [-0.15, -0.1) is 0 Å². The molecule has 16 heavy (non-hydrogen) atoms. The molecule has 1 aromatic carbocycles. The summed E-state index contributed by atoms with van der Waals surface area (Å²) in [6.07, 6.45) is 0.602. The summed E-state index contributed by atoms with van der Waals surface area (Å²) in [7, 11) is 0. The van der Waals surface area contributed by atoms with Crippen molar-refractivity contribution in [3.8, 4) is 6.07 Å². The molecule has 1 atom stereocenters. The van der Waals surface area contributed by atoms with Crippen LogP contribution in [0.25, 0.3) is 0 Å². The Labute approximate surface area is 96.7 Å². The Morgan fingerprint density at radius 3 is 2.94 bits per heavy atom. The van der Waals surface area contributed by atoms with Crippen LogP contribution < -0.4 is 5.32 Å². The first-order chi connectivity index (χ1) is 7.88. The van der Waals surface area contributed by atoms with Crippen LogP contribution in [-0.4, -0.2) is 30.6 Å². The highest BCUT2D eigenvalue weighted by molar-refractivity contribution is 5.14. The molecule has 1 aliphatic rings. The van der Waals surface area contributed by atoms with Gasteiger partial charge in [0.25, 0.3) is 0 Å². The SMILES string of the molecule is N#CCC1CN(Cc2ccccc2)CCN1. The average Bonchev–Trinajstić information content (AvgIpc) is 2.31. The van der Waals surface area contributed by atoms with E-state index in [1.54, 1.807) is 0 Å². The van der Waals surface area contributed by atoms with E-state index in [1.807, 2.05) is 6.07 Å². The smallest absolute Gasteiger partial charge is 0.0638 e. The van der Waals surface area contributed by atoms with Gasteiger partial charge in [-0.2, -0.15) is 5.26 Å². The van der Waals surface area contributed by atoms with Crippen LogP contribution in [0, 0.1) is 11.3 Å². The highest BCUT2D eigenvalue weighted by Gasteiger charge is 2.18. The molecule has 1 aromatic rings. The number of hydrogen-bond donors (Lipinski definition) is 1. The van der Waals surface area contributed by atoms with E-state index < -0.39 is 0 Å². The molecule has 0 aromatic heterocycles. The van der Waals surface area contributed by atoms with E-state index in [0.717, 1.165) is 26.2 Å². The van der Waals surface area contributed by atoms with Crippen molar-refractivity contribution in [1.82, 2.24) is 10.2 Å². The van der Waals surface area contributed by atoms with E-state index in [2.05, 4.69) is 40.6 Å². The van der Waals surface area contributed by atoms with E-state index in [9.17, 15) is 0 Å². The Bertz CT molecular complexity index is 355. The van der Waals surface area contributed by atoms with Gasteiger partial charge in [0, 0.05) is 32.2 Å². The highest BCUT2D eigenvalue weighted by atomic mass is 15.2. The molecule has 0 saturated carbocycles. The van der Waals surface area contributed by atoms with Crippen LogP contribution in [0.15, 0.2) is 30.3 Å². The van der Waals surface area contributed by atoms with Gasteiger partial charge in [-0.1, -0.05) is 30.3 Å². The maximum Gasteiger partial charge on any atom is 0.0638 e. The predicted molar refractivity (Wildman–Crippen MR) is 63.7 cm³/mol. The summed E-state index contributed by atoms with van der Waals surface area (Å²) >= 11 is 0. The number of nitriles is 1. The van der Waals surface area contributed by atoms with Crippen LogP contribution in [0.2, 0.25) is 0 Å². The molecular formula is C13H17N3. The Morgan fingerprint density at radius 2 is 2.19 bits per heavy atom. The minimum absolute atomic E-state index is 0.336. The Hall–Kier alpha value is -1.37. The number of nitrogens with zero attached hydrogens (tertiary/aromatic N) is 2. The Kier molecular flexibility index (Phi) is 3.92. The topological polar surface area (TPSA) is 39.1 Å². The molecule has 0 aliphatic carbocycles. The molecule has 3 heteroatoms. The number of piperazine rings is 1. The molecule has 1 aliphatic heterocycles. The summed E-state index contributed by atoms with van der Waals surface area (Å²) in [5.74, 6) is 0. The average molecular weight is 215 g/mol. The van der Waals surface area contributed by atoms with Gasteiger partial charge in [0.2, 0.25) is 0 Å². The van der Waals surface area contributed by atoms with Crippen molar-refractivity contribution >= 4 is 0 Å². The minimum atomic E-state index is 0.336. The summed E-state index contributed by atoms with van der Waals surface area (Å²) in [5.41, 5.74) is 1.35. The third kappa shape index (κ3) is 3.06. The number of benzene rings is 1. The largest absolute Gasteiger partial charge is 0.310 e. The fourth-order valence-electron chi connectivity index (χ4n) is 2.13. The normalized spacial score (nSPS) is 21.6. The zero-order valence-corrected chi connectivity index (χ0v) is 9.39. The number of rotatable bonds is 3. The maximum absolute atomic E-state index is 8.69. The fourth-order valence-corrected chi connectivity index (χ4v) is 2.13. The molecule has 3 nitrogen and oxygen atoms in total. The molecule has 1 unspecified atom stereocenters. The first kappa shape index (κ1) is 11.1. The second kappa shape index (κ2) is 5.64. The van der Waals surface area contributed by atoms with Gasteiger partial charge in [0.05, 0.1) is 12.5 Å². The van der Waals surface area contributed by atoms with Gasteiger partial charge in [-0.3, -0.25) is 4.90 Å². The second-order valence-electron chi connectivity index (χ2n) is 4.23. The van der Waals surface area contributed by atoms with E-state index >= 15 is 0 Å². The monoisotopic (exact) mass is 215 g/mol. The van der Waals surface area contributed by atoms with Crippen molar-refractivity contribution in [3.63, 3.8) is 0 Å². The summed E-state index contributed by atoms with van der Waals surface area (Å²) in [4.78, 5) is 2.41. The van der Waals surface area contributed by atoms with Crippen LogP contribution in [0.5, 0.6) is 0 Å². The van der Waals surface area contributed by atoms with Crippen molar-refractivity contribution in [3.05, 3.63) is 35.9 Å². The molecule has 1 N–H and O–H groups in total. The summed E-state index contributed by atoms with van der Waals surface area (Å²) in [6.45, 7) is 4.02. The lowest BCUT2D eigenvalue weighted by atomic mass is 10.1. The first-order valence-corrected chi connectivity index (χ1v) is 5.75. The summed E-state index contributed by atoms with van der Waals surface area (Å²) in [6, 6.07) is 13.1. The van der Waals surface area contributed by atoms with Crippen LogP contribution >= 0.6 is 0 Å². The molecule has 84 valence electrons. The lowest BCUT2D eigenvalue weighted by Crippen LogP contribution is -2.49. The molecule has 2 rings (SSSR count). The van der Waals surface area contributed by atoms with Crippen molar-refractivity contribution in [2.75, 3.05) is 19.6 Å². The molecule has 0 spiro atoms. The van der Waals surface area contributed by atoms with E-state index in [4.69, 9.17) is 5.26 Å². The van der Waals surface area contributed by atoms with Crippen molar-refractivity contribution in [2.45, 2.75) is 19.0 Å². The van der Waals surface area contributed by atoms with Crippen LogP contribution in [-0.2, 0) is 6.54 Å². The third-order valence-electron chi connectivity index (χ3n) is 2.93. The molecule has 0 amide bonds. The Balaban J connectivity index is 1.88.